The minimum Gasteiger partial charge on any atom is -0.379 e. The molecule has 36 heavy (non-hydrogen) atoms. The van der Waals surface area contributed by atoms with E-state index in [1.807, 2.05) is 6.07 Å². The molecule has 3 heterocycles. The predicted molar refractivity (Wildman–Crippen MR) is 132 cm³/mol. The van der Waals surface area contributed by atoms with Gasteiger partial charge in [-0.3, -0.25) is 9.59 Å². The molecule has 11 heteroatoms. The summed E-state index contributed by atoms with van der Waals surface area (Å²) in [6, 6.07) is 5.48. The third kappa shape index (κ3) is 5.09. The van der Waals surface area contributed by atoms with E-state index in [0.29, 0.717) is 23.2 Å². The average Bonchev–Trinajstić information content (AvgIpc) is 3.79. The maximum absolute atomic E-state index is 13.5. The topological polar surface area (TPSA) is 125 Å². The lowest BCUT2D eigenvalue weighted by Crippen LogP contribution is -2.40. The monoisotopic (exact) mass is 492 g/mol. The molecule has 0 saturated heterocycles. The molecule has 4 N–H and O–H groups in total. The number of hydrogen-bond donors (Lipinski definition) is 4. The fourth-order valence-corrected chi connectivity index (χ4v) is 4.68. The van der Waals surface area contributed by atoms with Gasteiger partial charge < -0.3 is 21.3 Å². The van der Waals surface area contributed by atoms with Crippen molar-refractivity contribution in [2.75, 3.05) is 16.0 Å². The maximum atomic E-state index is 13.5. The van der Waals surface area contributed by atoms with E-state index in [4.69, 9.17) is 0 Å². The van der Waals surface area contributed by atoms with Crippen LogP contribution in [-0.2, 0) is 4.79 Å². The van der Waals surface area contributed by atoms with Gasteiger partial charge in [0.2, 0.25) is 11.9 Å². The Bertz CT molecular complexity index is 1290. The van der Waals surface area contributed by atoms with Crippen LogP contribution in [0.4, 0.5) is 21.6 Å². The van der Waals surface area contributed by atoms with E-state index in [2.05, 4.69) is 36.3 Å². The molecule has 10 nitrogen and oxygen atoms in total. The van der Waals surface area contributed by atoms with E-state index in [1.54, 1.807) is 0 Å². The van der Waals surface area contributed by atoms with Crippen LogP contribution in [0.25, 0.3) is 5.65 Å². The van der Waals surface area contributed by atoms with Gasteiger partial charge in [-0.25, -0.2) is 14.5 Å². The molecular formula is C25H29FN8O2. The van der Waals surface area contributed by atoms with Crippen LogP contribution in [0.3, 0.4) is 0 Å². The van der Waals surface area contributed by atoms with Gasteiger partial charge in [0.05, 0.1) is 11.9 Å². The SMILES string of the molecule is O=C(Nc1ccnc(F)c1)c1cnc2c(NC3CC3)cc(NC3CCC(NC(=O)C4CC4)CC3)nn12. The summed E-state index contributed by atoms with van der Waals surface area (Å²) in [6.07, 6.45) is 10.7. The molecule has 0 radical (unpaired) electrons. The van der Waals surface area contributed by atoms with Crippen LogP contribution in [-0.4, -0.2) is 49.5 Å². The van der Waals surface area contributed by atoms with Crippen LogP contribution in [0.15, 0.2) is 30.6 Å². The quantitative estimate of drug-likeness (QED) is 0.356. The van der Waals surface area contributed by atoms with E-state index < -0.39 is 11.9 Å². The van der Waals surface area contributed by atoms with Gasteiger partial charge in [-0.05, 0) is 57.4 Å². The van der Waals surface area contributed by atoms with E-state index >= 15 is 0 Å². The smallest absolute Gasteiger partial charge is 0.276 e. The Kier molecular flexibility index (Phi) is 5.90. The van der Waals surface area contributed by atoms with Gasteiger partial charge in [-0.2, -0.15) is 4.39 Å². The van der Waals surface area contributed by atoms with Crippen molar-refractivity contribution in [3.05, 3.63) is 42.2 Å². The number of aromatic nitrogens is 4. The van der Waals surface area contributed by atoms with Gasteiger partial charge in [0.25, 0.3) is 5.91 Å². The zero-order chi connectivity index (χ0) is 24.6. The molecule has 3 aromatic rings. The third-order valence-corrected chi connectivity index (χ3v) is 7.00. The second-order valence-electron chi connectivity index (χ2n) is 10.0. The summed E-state index contributed by atoms with van der Waals surface area (Å²) in [6.45, 7) is 0. The Labute approximate surface area is 207 Å². The number of nitrogens with one attached hydrogen (secondary N) is 4. The highest BCUT2D eigenvalue weighted by Gasteiger charge is 2.32. The summed E-state index contributed by atoms with van der Waals surface area (Å²) >= 11 is 0. The summed E-state index contributed by atoms with van der Waals surface area (Å²) < 4.78 is 15.0. The number of anilines is 3. The molecule has 3 fully saturated rings. The Morgan fingerprint density at radius 1 is 0.917 bits per heavy atom. The third-order valence-electron chi connectivity index (χ3n) is 7.00. The van der Waals surface area contributed by atoms with E-state index in [0.717, 1.165) is 63.1 Å². The van der Waals surface area contributed by atoms with Gasteiger partial charge in [0.1, 0.15) is 5.82 Å². The number of fused-ring (bicyclic) bond motifs is 1. The molecule has 3 aliphatic rings. The summed E-state index contributed by atoms with van der Waals surface area (Å²) in [5, 5.41) is 17.6. The van der Waals surface area contributed by atoms with Crippen molar-refractivity contribution in [3.63, 3.8) is 0 Å². The normalized spacial score (nSPS) is 21.7. The highest BCUT2D eigenvalue weighted by molar-refractivity contribution is 6.03. The zero-order valence-corrected chi connectivity index (χ0v) is 19.8. The molecule has 3 aromatic heterocycles. The van der Waals surface area contributed by atoms with Crippen LogP contribution in [0, 0.1) is 11.9 Å². The average molecular weight is 493 g/mol. The molecule has 0 atom stereocenters. The Hall–Kier alpha value is -3.76. The number of imidazole rings is 1. The lowest BCUT2D eigenvalue weighted by molar-refractivity contribution is -0.123. The van der Waals surface area contributed by atoms with Crippen LogP contribution in [0.2, 0.25) is 0 Å². The van der Waals surface area contributed by atoms with Gasteiger partial charge in [-0.1, -0.05) is 0 Å². The second kappa shape index (κ2) is 9.36. The first-order chi connectivity index (χ1) is 17.5. The second-order valence-corrected chi connectivity index (χ2v) is 10.0. The Balaban J connectivity index is 1.19. The molecule has 0 unspecified atom stereocenters. The molecule has 0 spiro atoms. The molecular weight excluding hydrogens is 463 g/mol. The largest absolute Gasteiger partial charge is 0.379 e. The van der Waals surface area contributed by atoms with Gasteiger partial charge in [-0.15, -0.1) is 5.10 Å². The van der Waals surface area contributed by atoms with Crippen LogP contribution in [0.1, 0.15) is 61.9 Å². The van der Waals surface area contributed by atoms with Gasteiger partial charge >= 0.3 is 0 Å². The fraction of sp³-hybridized carbons (Fsp3) is 0.480. The van der Waals surface area contributed by atoms with Crippen LogP contribution >= 0.6 is 0 Å². The number of pyridine rings is 1. The summed E-state index contributed by atoms with van der Waals surface area (Å²) in [5.74, 6) is -0.0310. The lowest BCUT2D eigenvalue weighted by atomic mass is 9.91. The van der Waals surface area contributed by atoms with Crippen LogP contribution in [0.5, 0.6) is 0 Å². The summed E-state index contributed by atoms with van der Waals surface area (Å²) in [5.41, 5.74) is 1.93. The molecule has 3 aliphatic carbocycles. The van der Waals surface area contributed by atoms with Crippen molar-refractivity contribution in [2.45, 2.75) is 69.5 Å². The van der Waals surface area contributed by atoms with Crippen molar-refractivity contribution in [3.8, 4) is 0 Å². The van der Waals surface area contributed by atoms with E-state index in [1.165, 1.54) is 23.0 Å². The predicted octanol–water partition coefficient (Wildman–Crippen LogP) is 3.34. The number of halogens is 1. The maximum Gasteiger partial charge on any atom is 0.276 e. The van der Waals surface area contributed by atoms with Crippen molar-refractivity contribution in [1.82, 2.24) is 24.9 Å². The van der Waals surface area contributed by atoms with Crippen molar-refractivity contribution < 1.29 is 14.0 Å². The number of carbonyl (C=O) groups is 2. The number of rotatable bonds is 8. The highest BCUT2D eigenvalue weighted by atomic mass is 19.1. The Morgan fingerprint density at radius 3 is 2.36 bits per heavy atom. The standard InChI is InChI=1S/C25H29FN8O2/c26-21-11-18(9-10-27-21)32-25(36)20-13-28-23-19(29-15-3-4-15)12-22(33-34(20)23)30-16-5-7-17(8-6-16)31-24(35)14-1-2-14/h9-17,29H,1-8H2,(H,30,33)(H,31,35)(H,27,32,36). The molecule has 188 valence electrons. The van der Waals surface area contributed by atoms with Gasteiger partial charge in [0.15, 0.2) is 11.3 Å². The first kappa shape index (κ1) is 22.7. The molecule has 2 amide bonds. The minimum absolute atomic E-state index is 0.203. The highest BCUT2D eigenvalue weighted by Crippen LogP contribution is 2.31. The van der Waals surface area contributed by atoms with Crippen molar-refractivity contribution in [1.29, 1.82) is 0 Å². The Morgan fingerprint density at radius 2 is 1.64 bits per heavy atom. The lowest BCUT2D eigenvalue weighted by Gasteiger charge is -2.30. The molecule has 0 aromatic carbocycles. The van der Waals surface area contributed by atoms with Crippen molar-refractivity contribution in [2.24, 2.45) is 5.92 Å². The minimum atomic E-state index is -0.673. The van der Waals surface area contributed by atoms with E-state index in [-0.39, 0.29) is 29.6 Å². The van der Waals surface area contributed by atoms with Crippen molar-refractivity contribution >= 4 is 34.7 Å². The molecule has 0 aliphatic heterocycles. The first-order valence-corrected chi connectivity index (χ1v) is 12.7. The molecule has 3 saturated carbocycles. The molecule has 0 bridgehead atoms. The number of carbonyl (C=O) groups excluding carboxylic acids is 2. The van der Waals surface area contributed by atoms with E-state index in [9.17, 15) is 14.0 Å². The number of amides is 2. The zero-order valence-electron chi connectivity index (χ0n) is 19.8. The summed E-state index contributed by atoms with van der Waals surface area (Å²) in [7, 11) is 0. The number of nitrogens with zero attached hydrogens (tertiary/aromatic N) is 4. The fourth-order valence-electron chi connectivity index (χ4n) is 4.68. The number of hydrogen-bond acceptors (Lipinski definition) is 7. The van der Waals surface area contributed by atoms with Gasteiger partial charge in [0, 0.05) is 48.1 Å². The molecule has 6 rings (SSSR count). The van der Waals surface area contributed by atoms with Crippen LogP contribution < -0.4 is 21.3 Å². The first-order valence-electron chi connectivity index (χ1n) is 12.7. The summed E-state index contributed by atoms with van der Waals surface area (Å²) in [4.78, 5) is 33.0.